The Balaban J connectivity index is 5.25. The van der Waals surface area contributed by atoms with Crippen LogP contribution in [0.3, 0.4) is 0 Å². The summed E-state index contributed by atoms with van der Waals surface area (Å²) in [4.78, 5) is 72.8. The second-order valence-electron chi connectivity index (χ2n) is 28.7. The van der Waals surface area contributed by atoms with Crippen molar-refractivity contribution < 1.29 is 80.2 Å². The van der Waals surface area contributed by atoms with Gasteiger partial charge >= 0.3 is 39.5 Å². The molecule has 6 atom stereocenters. The van der Waals surface area contributed by atoms with Crippen molar-refractivity contribution >= 4 is 39.5 Å². The summed E-state index contributed by atoms with van der Waals surface area (Å²) in [6, 6.07) is 0. The summed E-state index contributed by atoms with van der Waals surface area (Å²) in [6.07, 6.45) is 48.6. The van der Waals surface area contributed by atoms with Crippen molar-refractivity contribution in [3.05, 3.63) is 0 Å². The van der Waals surface area contributed by atoms with Crippen molar-refractivity contribution in [1.29, 1.82) is 0 Å². The second kappa shape index (κ2) is 64.4. The lowest BCUT2D eigenvalue weighted by molar-refractivity contribution is -0.161. The fraction of sp³-hybridized carbons (Fsp3) is 0.947. The molecule has 0 aliphatic heterocycles. The number of rotatable bonds is 72. The van der Waals surface area contributed by atoms with Crippen LogP contribution in [0.4, 0.5) is 0 Å². The minimum Gasteiger partial charge on any atom is -0.462 e. The van der Waals surface area contributed by atoms with E-state index in [0.717, 1.165) is 114 Å². The van der Waals surface area contributed by atoms with Crippen molar-refractivity contribution in [1.82, 2.24) is 0 Å². The van der Waals surface area contributed by atoms with Gasteiger partial charge in [0.15, 0.2) is 12.2 Å². The summed E-state index contributed by atoms with van der Waals surface area (Å²) in [5.74, 6) is 0.929. The molecule has 3 N–H and O–H groups in total. The molecule has 0 aliphatic carbocycles. The van der Waals surface area contributed by atoms with Crippen LogP contribution in [0.2, 0.25) is 0 Å². The third-order valence-corrected chi connectivity index (χ3v) is 19.6. The first kappa shape index (κ1) is 92.1. The summed E-state index contributed by atoms with van der Waals surface area (Å²) < 4.78 is 68.5. The highest BCUT2D eigenvalue weighted by atomic mass is 31.2. The van der Waals surface area contributed by atoms with E-state index in [1.54, 1.807) is 0 Å². The largest absolute Gasteiger partial charge is 0.472 e. The maximum atomic E-state index is 13.1. The van der Waals surface area contributed by atoms with E-state index < -0.39 is 97.5 Å². The minimum atomic E-state index is -4.96. The zero-order valence-electron chi connectivity index (χ0n) is 61.6. The zero-order chi connectivity index (χ0) is 69.6. The lowest BCUT2D eigenvalue weighted by Crippen LogP contribution is -2.30. The van der Waals surface area contributed by atoms with Gasteiger partial charge < -0.3 is 33.8 Å². The fourth-order valence-corrected chi connectivity index (χ4v) is 12.9. The Morgan fingerprint density at radius 2 is 0.511 bits per heavy atom. The number of carbonyl (C=O) groups is 4. The Morgan fingerprint density at radius 3 is 0.755 bits per heavy atom. The number of unbranched alkanes of at least 4 members (excludes halogenated alkanes) is 37. The molecule has 0 spiro atoms. The van der Waals surface area contributed by atoms with Gasteiger partial charge in [-0.3, -0.25) is 37.3 Å². The summed E-state index contributed by atoms with van der Waals surface area (Å²) in [5, 5.41) is 10.6. The van der Waals surface area contributed by atoms with Crippen LogP contribution >= 0.6 is 15.6 Å². The maximum Gasteiger partial charge on any atom is 0.472 e. The molecule has 0 bridgehead atoms. The first-order valence-electron chi connectivity index (χ1n) is 38.7. The lowest BCUT2D eigenvalue weighted by atomic mass is 9.99. The maximum absolute atomic E-state index is 13.1. The Bertz CT molecular complexity index is 1850. The van der Waals surface area contributed by atoms with Gasteiger partial charge in [0, 0.05) is 25.7 Å². The molecule has 19 heteroatoms. The third kappa shape index (κ3) is 67.3. The highest BCUT2D eigenvalue weighted by Crippen LogP contribution is 2.45. The molecule has 0 amide bonds. The van der Waals surface area contributed by atoms with Gasteiger partial charge in [-0.15, -0.1) is 0 Å². The molecule has 3 unspecified atom stereocenters. The number of hydrogen-bond acceptors (Lipinski definition) is 15. The van der Waals surface area contributed by atoms with E-state index in [2.05, 4.69) is 55.4 Å². The molecule has 0 rings (SSSR count). The molecule has 0 radical (unpaired) electrons. The SMILES string of the molecule is CCC(C)CCCCCCCCCCCCC(=O)OC[C@H](COP(=O)(O)OC[C@@H](O)COP(=O)(O)OC[C@@H](COC(=O)CCCCCCCCC(C)C)OC(=O)CCCCCCCCCCCCCCCC(C)C)OC(=O)CCCCCCCCCCCCCCC(C)C. The number of hydrogen-bond donors (Lipinski definition) is 3. The Hall–Kier alpha value is -1.94. The number of esters is 4. The van der Waals surface area contributed by atoms with Crippen molar-refractivity contribution in [2.24, 2.45) is 23.7 Å². The van der Waals surface area contributed by atoms with E-state index in [4.69, 9.17) is 37.0 Å². The monoisotopic (exact) mass is 1380 g/mol. The van der Waals surface area contributed by atoms with Crippen LogP contribution < -0.4 is 0 Å². The van der Waals surface area contributed by atoms with E-state index in [0.29, 0.717) is 31.6 Å². The van der Waals surface area contributed by atoms with Crippen molar-refractivity contribution in [2.45, 2.75) is 395 Å². The standard InChI is InChI=1S/C75H146O17P2/c1-9-68(8)54-46-38-29-23-19-20-24-30-39-47-55-72(77)85-61-70(91-74(79)58-50-42-32-26-18-14-13-16-22-28-36-44-52-66(4)5)63-89-93(81,82)87-59-69(76)60-88-94(83,84)90-64-71(62-86-73(78)56-48-40-34-33-37-45-53-67(6)7)92-75(80)57-49-41-31-25-17-12-10-11-15-21-27-35-43-51-65(2)3/h65-71,76H,9-64H2,1-8H3,(H,81,82)(H,83,84)/t68?,69-,70-,71-/m1/s1. The van der Waals surface area contributed by atoms with Crippen LogP contribution in [-0.2, 0) is 65.4 Å². The number of ether oxygens (including phenoxy) is 4. The fourth-order valence-electron chi connectivity index (χ4n) is 11.3. The third-order valence-electron chi connectivity index (χ3n) is 17.7. The Kier molecular flexibility index (Phi) is 63.1. The summed E-state index contributed by atoms with van der Waals surface area (Å²) in [6.45, 7) is 14.2. The van der Waals surface area contributed by atoms with Gasteiger partial charge in [0.2, 0.25) is 0 Å². The predicted molar refractivity (Wildman–Crippen MR) is 381 cm³/mol. The van der Waals surface area contributed by atoms with Gasteiger partial charge in [0.25, 0.3) is 0 Å². The lowest BCUT2D eigenvalue weighted by Gasteiger charge is -2.21. The molecule has 0 aliphatic rings. The van der Waals surface area contributed by atoms with Crippen LogP contribution in [-0.4, -0.2) is 96.7 Å². The average molecular weight is 1380 g/mol. The van der Waals surface area contributed by atoms with Gasteiger partial charge in [0.05, 0.1) is 26.4 Å². The predicted octanol–water partition coefficient (Wildman–Crippen LogP) is 21.7. The van der Waals surface area contributed by atoms with Crippen LogP contribution in [0.1, 0.15) is 376 Å². The molecule has 558 valence electrons. The average Bonchev–Trinajstić information content (AvgIpc) is 1.18. The van der Waals surface area contributed by atoms with E-state index in [1.807, 2.05) is 0 Å². The molecule has 0 saturated carbocycles. The van der Waals surface area contributed by atoms with Crippen LogP contribution in [0.25, 0.3) is 0 Å². The molecular weight excluding hydrogens is 1230 g/mol. The smallest absolute Gasteiger partial charge is 0.462 e. The van der Waals surface area contributed by atoms with Gasteiger partial charge in [-0.05, 0) is 49.4 Å². The first-order valence-corrected chi connectivity index (χ1v) is 41.7. The molecule has 0 saturated heterocycles. The molecule has 0 aromatic rings. The summed E-state index contributed by atoms with van der Waals surface area (Å²) >= 11 is 0. The number of carbonyl (C=O) groups excluding carboxylic acids is 4. The Labute approximate surface area is 575 Å². The van der Waals surface area contributed by atoms with Gasteiger partial charge in [-0.2, -0.15) is 0 Å². The van der Waals surface area contributed by atoms with Crippen molar-refractivity contribution in [3.8, 4) is 0 Å². The molecule has 0 fully saturated rings. The van der Waals surface area contributed by atoms with Crippen molar-refractivity contribution in [3.63, 3.8) is 0 Å². The van der Waals surface area contributed by atoms with E-state index in [-0.39, 0.29) is 25.7 Å². The highest BCUT2D eigenvalue weighted by Gasteiger charge is 2.30. The molecule has 0 aromatic heterocycles. The molecule has 17 nitrogen and oxygen atoms in total. The molecule has 0 aromatic carbocycles. The second-order valence-corrected chi connectivity index (χ2v) is 31.6. The van der Waals surface area contributed by atoms with Crippen LogP contribution in [0.5, 0.6) is 0 Å². The minimum absolute atomic E-state index is 0.106. The van der Waals surface area contributed by atoms with Crippen LogP contribution in [0, 0.1) is 23.7 Å². The van der Waals surface area contributed by atoms with Crippen LogP contribution in [0.15, 0.2) is 0 Å². The van der Waals surface area contributed by atoms with Gasteiger partial charge in [0.1, 0.15) is 19.3 Å². The van der Waals surface area contributed by atoms with Crippen molar-refractivity contribution in [2.75, 3.05) is 39.6 Å². The number of aliphatic hydroxyl groups excluding tert-OH is 1. The number of phosphoric acid groups is 2. The normalized spacial score (nSPS) is 14.4. The van der Waals surface area contributed by atoms with Gasteiger partial charge in [-0.1, -0.05) is 325 Å². The zero-order valence-corrected chi connectivity index (χ0v) is 63.4. The van der Waals surface area contributed by atoms with Gasteiger partial charge in [-0.25, -0.2) is 9.13 Å². The molecule has 94 heavy (non-hydrogen) atoms. The van der Waals surface area contributed by atoms with E-state index >= 15 is 0 Å². The summed E-state index contributed by atoms with van der Waals surface area (Å²) in [5.41, 5.74) is 0. The number of phosphoric ester groups is 2. The Morgan fingerprint density at radius 1 is 0.298 bits per heavy atom. The quantitative estimate of drug-likeness (QED) is 0.0222. The summed E-state index contributed by atoms with van der Waals surface area (Å²) in [7, 11) is -9.91. The topological polar surface area (TPSA) is 237 Å². The van der Waals surface area contributed by atoms with E-state index in [1.165, 1.54) is 173 Å². The molecule has 0 heterocycles. The molecular formula is C75H146O17P2. The first-order chi connectivity index (χ1) is 45.1. The number of aliphatic hydroxyl groups is 1. The highest BCUT2D eigenvalue weighted by molar-refractivity contribution is 7.47. The van der Waals surface area contributed by atoms with E-state index in [9.17, 15) is 43.2 Å².